The zero-order valence-electron chi connectivity index (χ0n) is 11.9. The van der Waals surface area contributed by atoms with Crippen LogP contribution in [0.3, 0.4) is 0 Å². The first-order chi connectivity index (χ1) is 10.6. The van der Waals surface area contributed by atoms with Crippen molar-refractivity contribution in [2.24, 2.45) is 0 Å². The zero-order chi connectivity index (χ0) is 15.5. The van der Waals surface area contributed by atoms with E-state index in [-0.39, 0.29) is 17.6 Å². The first-order valence-corrected chi connectivity index (χ1v) is 8.68. The molecule has 1 fully saturated rings. The molecule has 0 aliphatic heterocycles. The molecule has 0 aromatic carbocycles. The predicted molar refractivity (Wildman–Crippen MR) is 84.3 cm³/mol. The number of amides is 2. The Bertz CT molecular complexity index is 679. The molecule has 0 spiro atoms. The number of carbonyl (C=O) groups is 2. The van der Waals surface area contributed by atoms with E-state index >= 15 is 0 Å². The van der Waals surface area contributed by atoms with Crippen LogP contribution in [-0.4, -0.2) is 32.3 Å². The standard InChI is InChI=1S/C13H15N5O2S2/c1-8(19)14-15-11(20)7-22-13-17-16-12(10-3-2-6-21-10)18(13)9-4-5-9/h2-3,6,9H,4-5,7H2,1H3,(H,14,19)(H,15,20). The van der Waals surface area contributed by atoms with Crippen LogP contribution in [0.2, 0.25) is 0 Å². The molecule has 2 aromatic heterocycles. The number of hydrogen-bond acceptors (Lipinski definition) is 6. The summed E-state index contributed by atoms with van der Waals surface area (Å²) in [5.74, 6) is 0.459. The molecule has 2 aromatic rings. The molecular weight excluding hydrogens is 322 g/mol. The summed E-state index contributed by atoms with van der Waals surface area (Å²) in [6.07, 6.45) is 2.23. The molecule has 0 saturated heterocycles. The Morgan fingerprint density at radius 2 is 2.23 bits per heavy atom. The summed E-state index contributed by atoms with van der Waals surface area (Å²) in [7, 11) is 0. The van der Waals surface area contributed by atoms with Crippen molar-refractivity contribution in [2.45, 2.75) is 31.0 Å². The Hall–Kier alpha value is -1.87. The summed E-state index contributed by atoms with van der Waals surface area (Å²) < 4.78 is 2.11. The predicted octanol–water partition coefficient (Wildman–Crippen LogP) is 1.60. The van der Waals surface area contributed by atoms with Gasteiger partial charge in [0.25, 0.3) is 0 Å². The SMILES string of the molecule is CC(=O)NNC(=O)CSc1nnc(-c2cccs2)n1C1CC1. The van der Waals surface area contributed by atoms with Crippen LogP contribution in [0.25, 0.3) is 10.7 Å². The summed E-state index contributed by atoms with van der Waals surface area (Å²) in [6.45, 7) is 1.34. The van der Waals surface area contributed by atoms with Gasteiger partial charge in [0.2, 0.25) is 11.8 Å². The third-order valence-corrected chi connectivity index (χ3v) is 4.84. The van der Waals surface area contributed by atoms with Crippen molar-refractivity contribution in [3.63, 3.8) is 0 Å². The van der Waals surface area contributed by atoms with E-state index in [1.54, 1.807) is 11.3 Å². The van der Waals surface area contributed by atoms with Gasteiger partial charge < -0.3 is 0 Å². The molecule has 1 saturated carbocycles. The van der Waals surface area contributed by atoms with Crippen molar-refractivity contribution in [1.82, 2.24) is 25.6 Å². The summed E-state index contributed by atoms with van der Waals surface area (Å²) in [6, 6.07) is 4.43. The molecule has 0 bridgehead atoms. The monoisotopic (exact) mass is 337 g/mol. The average molecular weight is 337 g/mol. The molecule has 1 aliphatic carbocycles. The fourth-order valence-electron chi connectivity index (χ4n) is 1.94. The van der Waals surface area contributed by atoms with Gasteiger partial charge in [-0.2, -0.15) is 0 Å². The van der Waals surface area contributed by atoms with E-state index in [1.165, 1.54) is 18.7 Å². The molecule has 2 N–H and O–H groups in total. The number of nitrogens with one attached hydrogen (secondary N) is 2. The highest BCUT2D eigenvalue weighted by Gasteiger charge is 2.30. The van der Waals surface area contributed by atoms with Gasteiger partial charge >= 0.3 is 0 Å². The Balaban J connectivity index is 1.69. The fraction of sp³-hybridized carbons (Fsp3) is 0.385. The second kappa shape index (κ2) is 6.49. The van der Waals surface area contributed by atoms with E-state index in [0.717, 1.165) is 28.7 Å². The van der Waals surface area contributed by atoms with E-state index in [2.05, 4.69) is 25.6 Å². The maximum absolute atomic E-state index is 11.7. The third-order valence-electron chi connectivity index (χ3n) is 3.03. The summed E-state index contributed by atoms with van der Waals surface area (Å²) in [4.78, 5) is 23.5. The van der Waals surface area contributed by atoms with Crippen LogP contribution < -0.4 is 10.9 Å². The van der Waals surface area contributed by atoms with E-state index in [1.807, 2.05) is 17.5 Å². The molecule has 2 heterocycles. The third kappa shape index (κ3) is 3.47. The van der Waals surface area contributed by atoms with Gasteiger partial charge in [-0.15, -0.1) is 21.5 Å². The molecule has 0 atom stereocenters. The molecule has 1 aliphatic rings. The highest BCUT2D eigenvalue weighted by atomic mass is 32.2. The number of nitrogens with zero attached hydrogens (tertiary/aromatic N) is 3. The topological polar surface area (TPSA) is 88.9 Å². The Kier molecular flexibility index (Phi) is 4.44. The molecule has 2 amide bonds. The van der Waals surface area contributed by atoms with E-state index in [4.69, 9.17) is 0 Å². The van der Waals surface area contributed by atoms with Gasteiger partial charge in [-0.1, -0.05) is 17.8 Å². The number of hydrazine groups is 1. The van der Waals surface area contributed by atoms with Crippen molar-refractivity contribution >= 4 is 34.9 Å². The molecule has 9 heteroatoms. The highest BCUT2D eigenvalue weighted by molar-refractivity contribution is 7.99. The average Bonchev–Trinajstić information content (AvgIpc) is 3.02. The van der Waals surface area contributed by atoms with Crippen molar-refractivity contribution < 1.29 is 9.59 Å². The highest BCUT2D eigenvalue weighted by Crippen LogP contribution is 2.41. The molecule has 22 heavy (non-hydrogen) atoms. The van der Waals surface area contributed by atoms with E-state index in [0.29, 0.717) is 6.04 Å². The maximum atomic E-state index is 11.7. The lowest BCUT2D eigenvalue weighted by Crippen LogP contribution is -2.41. The Morgan fingerprint density at radius 1 is 1.41 bits per heavy atom. The van der Waals surface area contributed by atoms with Crippen molar-refractivity contribution in [3.8, 4) is 10.7 Å². The van der Waals surface area contributed by atoms with Crippen LogP contribution >= 0.6 is 23.1 Å². The Morgan fingerprint density at radius 3 is 2.86 bits per heavy atom. The normalized spacial score (nSPS) is 13.9. The second-order valence-electron chi connectivity index (χ2n) is 4.90. The minimum absolute atomic E-state index is 0.176. The summed E-state index contributed by atoms with van der Waals surface area (Å²) >= 11 is 2.95. The molecule has 0 radical (unpaired) electrons. The maximum Gasteiger partial charge on any atom is 0.248 e. The van der Waals surface area contributed by atoms with Gasteiger partial charge in [0.15, 0.2) is 11.0 Å². The number of aromatic nitrogens is 3. The van der Waals surface area contributed by atoms with Gasteiger partial charge in [0.1, 0.15) is 0 Å². The van der Waals surface area contributed by atoms with Crippen LogP contribution in [0.15, 0.2) is 22.7 Å². The molecular formula is C13H15N5O2S2. The van der Waals surface area contributed by atoms with Crippen LogP contribution in [0.1, 0.15) is 25.8 Å². The number of hydrogen-bond donors (Lipinski definition) is 2. The van der Waals surface area contributed by atoms with Gasteiger partial charge in [-0.3, -0.25) is 25.0 Å². The number of thioether (sulfide) groups is 1. The van der Waals surface area contributed by atoms with Gasteiger partial charge in [0.05, 0.1) is 10.6 Å². The summed E-state index contributed by atoms with van der Waals surface area (Å²) in [5.41, 5.74) is 4.60. The van der Waals surface area contributed by atoms with E-state index < -0.39 is 0 Å². The van der Waals surface area contributed by atoms with Crippen LogP contribution in [0, 0.1) is 0 Å². The van der Waals surface area contributed by atoms with Gasteiger partial charge in [-0.25, -0.2) is 0 Å². The fourth-order valence-corrected chi connectivity index (χ4v) is 3.45. The summed E-state index contributed by atoms with van der Waals surface area (Å²) in [5, 5.41) is 11.2. The minimum atomic E-state index is -0.306. The van der Waals surface area contributed by atoms with E-state index in [9.17, 15) is 9.59 Å². The molecule has 116 valence electrons. The van der Waals surface area contributed by atoms with Gasteiger partial charge in [-0.05, 0) is 24.3 Å². The number of rotatable bonds is 5. The Labute approximate surface area is 135 Å². The number of carbonyl (C=O) groups excluding carboxylic acids is 2. The lowest BCUT2D eigenvalue weighted by atomic mass is 10.4. The lowest BCUT2D eigenvalue weighted by Gasteiger charge is -2.08. The van der Waals surface area contributed by atoms with Crippen LogP contribution in [-0.2, 0) is 9.59 Å². The largest absolute Gasteiger partial charge is 0.298 e. The molecule has 3 rings (SSSR count). The zero-order valence-corrected chi connectivity index (χ0v) is 13.5. The van der Waals surface area contributed by atoms with Crippen molar-refractivity contribution in [3.05, 3.63) is 17.5 Å². The van der Waals surface area contributed by atoms with Crippen molar-refractivity contribution in [2.75, 3.05) is 5.75 Å². The van der Waals surface area contributed by atoms with Crippen molar-refractivity contribution in [1.29, 1.82) is 0 Å². The minimum Gasteiger partial charge on any atom is -0.298 e. The lowest BCUT2D eigenvalue weighted by molar-refractivity contribution is -0.126. The molecule has 7 nitrogen and oxygen atoms in total. The van der Waals surface area contributed by atoms with Gasteiger partial charge in [0, 0.05) is 13.0 Å². The molecule has 0 unspecified atom stereocenters. The second-order valence-corrected chi connectivity index (χ2v) is 6.79. The smallest absolute Gasteiger partial charge is 0.248 e. The number of thiophene rings is 1. The first kappa shape index (κ1) is 15.0. The first-order valence-electron chi connectivity index (χ1n) is 6.82. The van der Waals surface area contributed by atoms with Crippen LogP contribution in [0.5, 0.6) is 0 Å². The quantitative estimate of drug-likeness (QED) is 0.639. The van der Waals surface area contributed by atoms with Crippen LogP contribution in [0.4, 0.5) is 0 Å².